The number of fused-ring (bicyclic) bond motifs is 3. The van der Waals surface area contributed by atoms with Crippen molar-refractivity contribution >= 4 is 22.1 Å². The molecule has 0 bridgehead atoms. The maximum Gasteiger partial charge on any atom is 0.238 e. The van der Waals surface area contributed by atoms with Crippen LogP contribution in [0.4, 0.5) is 0 Å². The molecule has 0 saturated heterocycles. The average molecular weight is 380 g/mol. The Hall–Kier alpha value is -3.51. The molecule has 1 N–H and O–H groups in total. The Morgan fingerprint density at radius 2 is 1.93 bits per heavy atom. The zero-order valence-corrected chi connectivity index (χ0v) is 16.1. The van der Waals surface area contributed by atoms with Gasteiger partial charge < -0.3 is 9.88 Å². The fourth-order valence-corrected chi connectivity index (χ4v) is 4.20. The number of para-hydroxylation sites is 2. The molecule has 3 aromatic heterocycles. The fraction of sp³-hybridized carbons (Fsp3) is 0.174. The first-order chi connectivity index (χ1) is 14.3. The summed E-state index contributed by atoms with van der Waals surface area (Å²) in [6.07, 6.45) is 4.89. The highest BCUT2D eigenvalue weighted by Gasteiger charge is 2.17. The average Bonchev–Trinajstić information content (AvgIpc) is 3.37. The summed E-state index contributed by atoms with van der Waals surface area (Å²) in [6, 6.07) is 16.9. The van der Waals surface area contributed by atoms with E-state index in [2.05, 4.69) is 34.6 Å². The number of nitrogens with one attached hydrogen (secondary N) is 1. The number of aromatic nitrogens is 5. The van der Waals surface area contributed by atoms with Gasteiger partial charge in [0.2, 0.25) is 5.95 Å². The van der Waals surface area contributed by atoms with Crippen LogP contribution in [0.3, 0.4) is 0 Å². The lowest BCUT2D eigenvalue weighted by Crippen LogP contribution is -2.23. The third kappa shape index (κ3) is 2.57. The van der Waals surface area contributed by atoms with Gasteiger partial charge in [-0.05, 0) is 48.4 Å². The molecule has 0 unspecified atom stereocenters. The smallest absolute Gasteiger partial charge is 0.238 e. The molecule has 0 atom stereocenters. The van der Waals surface area contributed by atoms with Crippen molar-refractivity contribution in [2.45, 2.75) is 13.0 Å². The van der Waals surface area contributed by atoms with E-state index in [0.29, 0.717) is 5.95 Å². The SMILES string of the molecule is Cn1ccc2c(-c3ccc4c(c3)CCNC4)nc(-n3cnc4ccccc43)nc21. The van der Waals surface area contributed by atoms with Crippen LogP contribution in [-0.4, -0.2) is 30.6 Å². The van der Waals surface area contributed by atoms with E-state index in [1.807, 2.05) is 46.6 Å². The van der Waals surface area contributed by atoms with Crippen molar-refractivity contribution in [1.82, 2.24) is 29.4 Å². The predicted molar refractivity (Wildman–Crippen MR) is 114 cm³/mol. The summed E-state index contributed by atoms with van der Waals surface area (Å²) in [5.74, 6) is 0.641. The molecule has 1 aliphatic heterocycles. The first-order valence-corrected chi connectivity index (χ1v) is 9.86. The van der Waals surface area contributed by atoms with Crippen LogP contribution in [0.5, 0.6) is 0 Å². The number of aryl methyl sites for hydroxylation is 1. The molecule has 0 radical (unpaired) electrons. The van der Waals surface area contributed by atoms with E-state index in [4.69, 9.17) is 9.97 Å². The first-order valence-electron chi connectivity index (χ1n) is 9.86. The lowest BCUT2D eigenvalue weighted by atomic mass is 9.96. The summed E-state index contributed by atoms with van der Waals surface area (Å²) in [5.41, 5.74) is 7.73. The Balaban J connectivity index is 1.60. The summed E-state index contributed by atoms with van der Waals surface area (Å²) in [7, 11) is 2.02. The standard InChI is InChI=1S/C23H20N6/c1-28-11-9-18-21(16-6-7-17-13-24-10-8-15(17)12-16)26-23(27-22(18)28)29-14-25-19-4-2-3-5-20(19)29/h2-7,9,11-12,14,24H,8,10,13H2,1H3. The lowest BCUT2D eigenvalue weighted by Gasteiger charge is -2.18. The van der Waals surface area contributed by atoms with Crippen LogP contribution >= 0.6 is 0 Å². The van der Waals surface area contributed by atoms with E-state index < -0.39 is 0 Å². The second kappa shape index (κ2) is 6.25. The molecule has 1 aliphatic rings. The minimum Gasteiger partial charge on any atom is -0.335 e. The second-order valence-corrected chi connectivity index (χ2v) is 7.55. The molecule has 4 heterocycles. The van der Waals surface area contributed by atoms with Crippen molar-refractivity contribution in [3.05, 3.63) is 72.2 Å². The van der Waals surface area contributed by atoms with Crippen molar-refractivity contribution in [3.63, 3.8) is 0 Å². The van der Waals surface area contributed by atoms with E-state index in [9.17, 15) is 0 Å². The predicted octanol–water partition coefficient (Wildman–Crippen LogP) is 3.62. The Morgan fingerprint density at radius 1 is 1.00 bits per heavy atom. The zero-order chi connectivity index (χ0) is 19.4. The maximum absolute atomic E-state index is 5.01. The lowest BCUT2D eigenvalue weighted by molar-refractivity contribution is 0.644. The van der Waals surface area contributed by atoms with Gasteiger partial charge in [-0.25, -0.2) is 9.97 Å². The molecule has 5 aromatic rings. The highest BCUT2D eigenvalue weighted by Crippen LogP contribution is 2.30. The third-order valence-corrected chi connectivity index (χ3v) is 5.75. The summed E-state index contributed by atoms with van der Waals surface area (Å²) in [6.45, 7) is 1.96. The minimum atomic E-state index is 0.641. The maximum atomic E-state index is 5.01. The third-order valence-electron chi connectivity index (χ3n) is 5.75. The highest BCUT2D eigenvalue weighted by atomic mass is 15.2. The van der Waals surface area contributed by atoms with Crippen molar-refractivity contribution in [2.75, 3.05) is 6.54 Å². The molecule has 2 aromatic carbocycles. The molecule has 29 heavy (non-hydrogen) atoms. The van der Waals surface area contributed by atoms with Gasteiger partial charge in [0.05, 0.1) is 16.7 Å². The summed E-state index contributed by atoms with van der Waals surface area (Å²) in [5, 5.41) is 4.50. The van der Waals surface area contributed by atoms with Crippen LogP contribution in [0.2, 0.25) is 0 Å². The second-order valence-electron chi connectivity index (χ2n) is 7.55. The topological polar surface area (TPSA) is 60.6 Å². The van der Waals surface area contributed by atoms with Gasteiger partial charge in [-0.2, -0.15) is 4.98 Å². The van der Waals surface area contributed by atoms with Gasteiger partial charge >= 0.3 is 0 Å². The monoisotopic (exact) mass is 380 g/mol. The Bertz CT molecular complexity index is 1380. The van der Waals surface area contributed by atoms with Gasteiger partial charge in [0.1, 0.15) is 12.0 Å². The number of hydrogen-bond acceptors (Lipinski definition) is 4. The van der Waals surface area contributed by atoms with Crippen molar-refractivity contribution < 1.29 is 0 Å². The molecule has 0 amide bonds. The van der Waals surface area contributed by atoms with Crippen molar-refractivity contribution in [3.8, 4) is 17.2 Å². The van der Waals surface area contributed by atoms with Gasteiger partial charge in [0, 0.05) is 30.7 Å². The first kappa shape index (κ1) is 16.4. The van der Waals surface area contributed by atoms with E-state index in [0.717, 1.165) is 52.8 Å². The number of benzene rings is 2. The molecule has 142 valence electrons. The molecule has 0 fully saturated rings. The number of imidazole rings is 1. The van der Waals surface area contributed by atoms with Crippen molar-refractivity contribution in [2.24, 2.45) is 7.05 Å². The molecule has 6 rings (SSSR count). The number of nitrogens with zero attached hydrogens (tertiary/aromatic N) is 5. The summed E-state index contributed by atoms with van der Waals surface area (Å²) in [4.78, 5) is 14.4. The van der Waals surface area contributed by atoms with Crippen LogP contribution in [0.25, 0.3) is 39.3 Å². The minimum absolute atomic E-state index is 0.641. The molecular formula is C23H20N6. The fourth-order valence-electron chi connectivity index (χ4n) is 4.20. The van der Waals surface area contributed by atoms with E-state index in [1.165, 1.54) is 11.1 Å². The quantitative estimate of drug-likeness (QED) is 0.508. The van der Waals surface area contributed by atoms with Crippen molar-refractivity contribution in [1.29, 1.82) is 0 Å². The molecule has 0 spiro atoms. The Kier molecular flexibility index (Phi) is 3.55. The molecular weight excluding hydrogens is 360 g/mol. The van der Waals surface area contributed by atoms with Crippen LogP contribution < -0.4 is 5.32 Å². The summed E-state index contributed by atoms with van der Waals surface area (Å²) >= 11 is 0. The van der Waals surface area contributed by atoms with Gasteiger partial charge in [-0.15, -0.1) is 0 Å². The van der Waals surface area contributed by atoms with E-state index in [1.54, 1.807) is 6.33 Å². The van der Waals surface area contributed by atoms with Gasteiger partial charge in [0.25, 0.3) is 0 Å². The molecule has 6 nitrogen and oxygen atoms in total. The zero-order valence-electron chi connectivity index (χ0n) is 16.1. The van der Waals surface area contributed by atoms with Crippen LogP contribution in [0.15, 0.2) is 61.1 Å². The normalized spacial score (nSPS) is 13.8. The number of hydrogen-bond donors (Lipinski definition) is 1. The van der Waals surface area contributed by atoms with Gasteiger partial charge in [0.15, 0.2) is 0 Å². The molecule has 0 aliphatic carbocycles. The van der Waals surface area contributed by atoms with Crippen LogP contribution in [0.1, 0.15) is 11.1 Å². The van der Waals surface area contributed by atoms with Crippen LogP contribution in [-0.2, 0) is 20.0 Å². The highest BCUT2D eigenvalue weighted by molar-refractivity contribution is 5.92. The number of rotatable bonds is 2. The summed E-state index contributed by atoms with van der Waals surface area (Å²) < 4.78 is 4.01. The van der Waals surface area contributed by atoms with Gasteiger partial charge in [-0.3, -0.25) is 4.57 Å². The largest absolute Gasteiger partial charge is 0.335 e. The molecule has 0 saturated carbocycles. The van der Waals surface area contributed by atoms with E-state index >= 15 is 0 Å². The van der Waals surface area contributed by atoms with Gasteiger partial charge in [-0.1, -0.05) is 24.3 Å². The van der Waals surface area contributed by atoms with E-state index in [-0.39, 0.29) is 0 Å². The Morgan fingerprint density at radius 3 is 2.90 bits per heavy atom. The Labute approximate surface area is 167 Å². The van der Waals surface area contributed by atoms with Crippen LogP contribution in [0, 0.1) is 0 Å². The molecule has 6 heteroatoms.